The number of carboxylic acid groups (broad SMARTS) is 1. The maximum Gasteiger partial charge on any atom is 0.335 e. The first kappa shape index (κ1) is 17.5. The molecular formula is C22H21NO3. The summed E-state index contributed by atoms with van der Waals surface area (Å²) in [6, 6.07) is 22.9. The van der Waals surface area contributed by atoms with E-state index >= 15 is 0 Å². The predicted molar refractivity (Wildman–Crippen MR) is 103 cm³/mol. The minimum absolute atomic E-state index is 0.280. The number of aromatic carboxylic acids is 1. The van der Waals surface area contributed by atoms with Crippen molar-refractivity contribution in [3.8, 4) is 5.75 Å². The van der Waals surface area contributed by atoms with Crippen molar-refractivity contribution in [3.05, 3.63) is 95.1 Å². The van der Waals surface area contributed by atoms with Crippen LogP contribution in [0.2, 0.25) is 0 Å². The summed E-state index contributed by atoms with van der Waals surface area (Å²) in [5.41, 5.74) is 4.61. The molecule has 0 saturated carbocycles. The normalized spacial score (nSPS) is 10.3. The van der Waals surface area contributed by atoms with Gasteiger partial charge in [0.1, 0.15) is 12.4 Å². The molecule has 0 radical (unpaired) electrons. The van der Waals surface area contributed by atoms with E-state index in [0.717, 1.165) is 22.6 Å². The first-order valence-corrected chi connectivity index (χ1v) is 8.45. The molecular weight excluding hydrogens is 326 g/mol. The fraction of sp³-hybridized carbons (Fsp3) is 0.136. The van der Waals surface area contributed by atoms with Crippen molar-refractivity contribution in [2.24, 2.45) is 0 Å². The zero-order valence-corrected chi connectivity index (χ0v) is 14.6. The van der Waals surface area contributed by atoms with Crippen molar-refractivity contribution in [1.82, 2.24) is 0 Å². The topological polar surface area (TPSA) is 58.6 Å². The van der Waals surface area contributed by atoms with E-state index in [0.29, 0.717) is 13.2 Å². The number of anilines is 1. The Bertz CT molecular complexity index is 888. The number of nitrogens with one attached hydrogen (secondary N) is 1. The Hall–Kier alpha value is -3.27. The number of benzene rings is 3. The lowest BCUT2D eigenvalue weighted by Crippen LogP contribution is -2.01. The van der Waals surface area contributed by atoms with Gasteiger partial charge in [-0.05, 0) is 54.4 Å². The summed E-state index contributed by atoms with van der Waals surface area (Å²) in [6.07, 6.45) is 0. The molecule has 26 heavy (non-hydrogen) atoms. The molecule has 4 heteroatoms. The third kappa shape index (κ3) is 4.86. The van der Waals surface area contributed by atoms with Crippen molar-refractivity contribution < 1.29 is 14.6 Å². The van der Waals surface area contributed by atoms with E-state index in [9.17, 15) is 4.79 Å². The Morgan fingerprint density at radius 1 is 0.962 bits per heavy atom. The highest BCUT2D eigenvalue weighted by atomic mass is 16.5. The van der Waals surface area contributed by atoms with Crippen molar-refractivity contribution in [3.63, 3.8) is 0 Å². The van der Waals surface area contributed by atoms with Gasteiger partial charge in [0.05, 0.1) is 5.56 Å². The minimum atomic E-state index is -0.921. The first-order valence-electron chi connectivity index (χ1n) is 8.45. The van der Waals surface area contributed by atoms with Crippen LogP contribution in [-0.2, 0) is 13.2 Å². The zero-order chi connectivity index (χ0) is 18.4. The molecule has 4 nitrogen and oxygen atoms in total. The van der Waals surface area contributed by atoms with Gasteiger partial charge in [-0.3, -0.25) is 0 Å². The first-order chi connectivity index (χ1) is 12.6. The van der Waals surface area contributed by atoms with Crippen LogP contribution in [-0.4, -0.2) is 11.1 Å². The van der Waals surface area contributed by atoms with Crippen LogP contribution in [0.1, 0.15) is 27.0 Å². The molecule has 0 amide bonds. The quantitative estimate of drug-likeness (QED) is 0.639. The fourth-order valence-electron chi connectivity index (χ4n) is 2.65. The van der Waals surface area contributed by atoms with Crippen molar-refractivity contribution in [2.45, 2.75) is 20.1 Å². The second kappa shape index (κ2) is 8.21. The lowest BCUT2D eigenvalue weighted by molar-refractivity contribution is 0.0697. The molecule has 0 aromatic heterocycles. The van der Waals surface area contributed by atoms with Gasteiger partial charge < -0.3 is 15.2 Å². The fourth-order valence-corrected chi connectivity index (χ4v) is 2.65. The van der Waals surface area contributed by atoms with Gasteiger partial charge >= 0.3 is 5.97 Å². The van der Waals surface area contributed by atoms with Crippen LogP contribution < -0.4 is 10.1 Å². The third-order valence-electron chi connectivity index (χ3n) is 4.01. The van der Waals surface area contributed by atoms with Gasteiger partial charge in [-0.15, -0.1) is 0 Å². The maximum atomic E-state index is 10.9. The average Bonchev–Trinajstić information content (AvgIpc) is 2.65. The van der Waals surface area contributed by atoms with E-state index in [-0.39, 0.29) is 5.56 Å². The summed E-state index contributed by atoms with van der Waals surface area (Å²) >= 11 is 0. The molecule has 0 bridgehead atoms. The Kier molecular flexibility index (Phi) is 5.54. The summed E-state index contributed by atoms with van der Waals surface area (Å²) in [5, 5.41) is 12.2. The standard InChI is InChI=1S/C22H21NO3/c1-16-4-2-6-18(12-16)15-26-21-7-3-5-17(13-21)14-23-20-10-8-19(9-11-20)22(24)25/h2-13,23H,14-15H2,1H3,(H,24,25). The van der Waals surface area contributed by atoms with Crippen molar-refractivity contribution in [1.29, 1.82) is 0 Å². The molecule has 132 valence electrons. The van der Waals surface area contributed by atoms with E-state index in [4.69, 9.17) is 9.84 Å². The number of hydrogen-bond donors (Lipinski definition) is 2. The second-order valence-corrected chi connectivity index (χ2v) is 6.16. The molecule has 0 aliphatic rings. The summed E-state index contributed by atoms with van der Waals surface area (Å²) in [4.78, 5) is 10.9. The van der Waals surface area contributed by atoms with Crippen LogP contribution in [0.3, 0.4) is 0 Å². The molecule has 0 fully saturated rings. The zero-order valence-electron chi connectivity index (χ0n) is 14.6. The SMILES string of the molecule is Cc1cccc(COc2cccc(CNc3ccc(C(=O)O)cc3)c2)c1. The molecule has 3 aromatic carbocycles. The van der Waals surface area contributed by atoms with Crippen LogP contribution in [0.15, 0.2) is 72.8 Å². The molecule has 0 spiro atoms. The van der Waals surface area contributed by atoms with Gasteiger partial charge in [-0.1, -0.05) is 42.0 Å². The third-order valence-corrected chi connectivity index (χ3v) is 4.01. The average molecular weight is 347 g/mol. The number of aryl methyl sites for hydroxylation is 1. The van der Waals surface area contributed by atoms with Crippen LogP contribution in [0.4, 0.5) is 5.69 Å². The predicted octanol–water partition coefficient (Wildman–Crippen LogP) is 4.88. The van der Waals surface area contributed by atoms with Crippen LogP contribution in [0, 0.1) is 6.92 Å². The number of rotatable bonds is 7. The summed E-state index contributed by atoms with van der Waals surface area (Å²) in [7, 11) is 0. The monoisotopic (exact) mass is 347 g/mol. The van der Waals surface area contributed by atoms with Crippen molar-refractivity contribution in [2.75, 3.05) is 5.32 Å². The van der Waals surface area contributed by atoms with Crippen LogP contribution >= 0.6 is 0 Å². The molecule has 0 unspecified atom stereocenters. The van der Waals surface area contributed by atoms with Crippen LogP contribution in [0.25, 0.3) is 0 Å². The highest BCUT2D eigenvalue weighted by molar-refractivity contribution is 5.87. The molecule has 0 heterocycles. The summed E-state index contributed by atoms with van der Waals surface area (Å²) < 4.78 is 5.89. The van der Waals surface area contributed by atoms with Gasteiger partial charge in [0.25, 0.3) is 0 Å². The molecule has 3 aromatic rings. The maximum absolute atomic E-state index is 10.9. The molecule has 0 aliphatic carbocycles. The van der Waals surface area contributed by atoms with Crippen LogP contribution in [0.5, 0.6) is 5.75 Å². The van der Waals surface area contributed by atoms with Gasteiger partial charge in [0, 0.05) is 12.2 Å². The smallest absolute Gasteiger partial charge is 0.335 e. The Morgan fingerprint density at radius 2 is 1.69 bits per heavy atom. The molecule has 2 N–H and O–H groups in total. The highest BCUT2D eigenvalue weighted by Crippen LogP contribution is 2.17. The molecule has 3 rings (SSSR count). The largest absolute Gasteiger partial charge is 0.489 e. The van der Waals surface area contributed by atoms with E-state index in [2.05, 4.69) is 30.4 Å². The number of hydrogen-bond acceptors (Lipinski definition) is 3. The number of carbonyl (C=O) groups is 1. The molecule has 0 aliphatic heterocycles. The van der Waals surface area contributed by atoms with E-state index in [1.165, 1.54) is 5.56 Å². The van der Waals surface area contributed by atoms with E-state index < -0.39 is 5.97 Å². The molecule has 0 saturated heterocycles. The van der Waals surface area contributed by atoms with Gasteiger partial charge in [-0.25, -0.2) is 4.79 Å². The summed E-state index contributed by atoms with van der Waals surface area (Å²) in [5.74, 6) is -0.0953. The second-order valence-electron chi connectivity index (χ2n) is 6.16. The number of carboxylic acids is 1. The summed E-state index contributed by atoms with van der Waals surface area (Å²) in [6.45, 7) is 3.24. The lowest BCUT2D eigenvalue weighted by Gasteiger charge is -2.10. The number of ether oxygens (including phenoxy) is 1. The molecule has 0 atom stereocenters. The van der Waals surface area contributed by atoms with Gasteiger partial charge in [0.2, 0.25) is 0 Å². The minimum Gasteiger partial charge on any atom is -0.489 e. The Labute approximate surface area is 153 Å². The van der Waals surface area contributed by atoms with E-state index in [1.807, 2.05) is 30.3 Å². The van der Waals surface area contributed by atoms with Gasteiger partial charge in [-0.2, -0.15) is 0 Å². The lowest BCUT2D eigenvalue weighted by atomic mass is 10.1. The van der Waals surface area contributed by atoms with Crippen molar-refractivity contribution >= 4 is 11.7 Å². The van der Waals surface area contributed by atoms with Gasteiger partial charge in [0.15, 0.2) is 0 Å². The van der Waals surface area contributed by atoms with E-state index in [1.54, 1.807) is 24.3 Å². The highest BCUT2D eigenvalue weighted by Gasteiger charge is 2.02. The Morgan fingerprint density at radius 3 is 2.42 bits per heavy atom. The Balaban J connectivity index is 1.57.